The van der Waals surface area contributed by atoms with E-state index in [1.807, 2.05) is 31.2 Å². The number of benzene rings is 1. The molecule has 0 amide bonds. The van der Waals surface area contributed by atoms with Crippen LogP contribution in [-0.4, -0.2) is 35.6 Å². The predicted octanol–water partition coefficient (Wildman–Crippen LogP) is 2.34. The van der Waals surface area contributed by atoms with Gasteiger partial charge >= 0.3 is 5.97 Å². The molecule has 3 aromatic rings. The summed E-state index contributed by atoms with van der Waals surface area (Å²) in [6.07, 6.45) is 1.80. The average molecular weight is 361 g/mol. The second kappa shape index (κ2) is 6.73. The van der Waals surface area contributed by atoms with Gasteiger partial charge in [-0.2, -0.15) is 0 Å². The highest BCUT2D eigenvalue weighted by atomic mass is 32.2. The molecule has 0 saturated carbocycles. The molecule has 132 valence electrons. The summed E-state index contributed by atoms with van der Waals surface area (Å²) in [4.78, 5) is 13.2. The molecular formula is C17H19N3O4S. The van der Waals surface area contributed by atoms with E-state index in [1.165, 1.54) is 6.20 Å². The number of carbonyl (C=O) groups is 1. The van der Waals surface area contributed by atoms with Gasteiger partial charge in [0.05, 0.1) is 0 Å². The molecule has 3 N–H and O–H groups in total. The highest BCUT2D eigenvalue weighted by Crippen LogP contribution is 2.19. The molecule has 0 radical (unpaired) electrons. The molecule has 2 heterocycles. The molecule has 0 unspecified atom stereocenters. The number of fused-ring (bicyclic) bond motifs is 1. The SMILES string of the molecule is Cc1cc2ccccc2n1CCCNS(=O)(=O)c1c[nH]c(C(=O)O)c1. The smallest absolute Gasteiger partial charge is 0.352 e. The number of H-pyrrole nitrogens is 1. The number of rotatable bonds is 7. The molecule has 3 rings (SSSR count). The van der Waals surface area contributed by atoms with Crippen LogP contribution in [0.5, 0.6) is 0 Å². The molecule has 0 aliphatic carbocycles. The fourth-order valence-electron chi connectivity index (χ4n) is 2.83. The fourth-order valence-corrected chi connectivity index (χ4v) is 3.89. The first-order valence-electron chi connectivity index (χ1n) is 7.85. The topological polar surface area (TPSA) is 104 Å². The first-order chi connectivity index (χ1) is 11.9. The van der Waals surface area contributed by atoms with Gasteiger partial charge in [0.2, 0.25) is 10.0 Å². The second-order valence-corrected chi connectivity index (χ2v) is 7.57. The quantitative estimate of drug-likeness (QED) is 0.562. The van der Waals surface area contributed by atoms with Gasteiger partial charge in [0.1, 0.15) is 10.6 Å². The molecule has 0 fully saturated rings. The number of aromatic carboxylic acids is 1. The maximum atomic E-state index is 12.2. The van der Waals surface area contributed by atoms with Crippen molar-refractivity contribution in [1.82, 2.24) is 14.3 Å². The number of carboxylic acids is 1. The number of nitrogens with one attached hydrogen (secondary N) is 2. The van der Waals surface area contributed by atoms with E-state index in [1.54, 1.807) is 0 Å². The summed E-state index contributed by atoms with van der Waals surface area (Å²) < 4.78 is 29.0. The molecule has 0 aliphatic rings. The van der Waals surface area contributed by atoms with Gasteiger partial charge in [0.25, 0.3) is 0 Å². The predicted molar refractivity (Wildman–Crippen MR) is 94.2 cm³/mol. The van der Waals surface area contributed by atoms with Gasteiger partial charge in [-0.25, -0.2) is 17.9 Å². The number of hydrogen-bond donors (Lipinski definition) is 3. The van der Waals surface area contributed by atoms with Crippen LogP contribution in [0, 0.1) is 6.92 Å². The Bertz CT molecular complexity index is 1020. The molecule has 1 aromatic carbocycles. The van der Waals surface area contributed by atoms with Crippen molar-refractivity contribution in [2.75, 3.05) is 6.54 Å². The number of sulfonamides is 1. The van der Waals surface area contributed by atoms with Crippen molar-refractivity contribution in [2.45, 2.75) is 24.8 Å². The summed E-state index contributed by atoms with van der Waals surface area (Å²) in [7, 11) is -3.72. The molecule has 8 heteroatoms. The van der Waals surface area contributed by atoms with Crippen molar-refractivity contribution in [3.05, 3.63) is 54.0 Å². The van der Waals surface area contributed by atoms with E-state index < -0.39 is 16.0 Å². The Balaban J connectivity index is 1.62. The molecule has 0 saturated heterocycles. The lowest BCUT2D eigenvalue weighted by molar-refractivity contribution is 0.0691. The lowest BCUT2D eigenvalue weighted by Crippen LogP contribution is -2.25. The number of carboxylic acid groups (broad SMARTS) is 1. The number of aryl methyl sites for hydroxylation is 2. The summed E-state index contributed by atoms with van der Waals surface area (Å²) in [5.74, 6) is -1.20. The van der Waals surface area contributed by atoms with Crippen LogP contribution < -0.4 is 4.72 Å². The Labute approximate surface area is 145 Å². The minimum Gasteiger partial charge on any atom is -0.477 e. The van der Waals surface area contributed by atoms with Gasteiger partial charge in [-0.05, 0) is 36.9 Å². The Hall–Kier alpha value is -2.58. The average Bonchev–Trinajstić information content (AvgIpc) is 3.17. The van der Waals surface area contributed by atoms with Gasteiger partial charge < -0.3 is 14.7 Å². The molecule has 0 atom stereocenters. The van der Waals surface area contributed by atoms with E-state index in [0.717, 1.165) is 22.7 Å². The first-order valence-corrected chi connectivity index (χ1v) is 9.33. The number of para-hydroxylation sites is 1. The van der Waals surface area contributed by atoms with E-state index in [-0.39, 0.29) is 17.1 Å². The van der Waals surface area contributed by atoms with E-state index >= 15 is 0 Å². The lowest BCUT2D eigenvalue weighted by Gasteiger charge is -2.09. The van der Waals surface area contributed by atoms with Gasteiger partial charge in [-0.3, -0.25) is 0 Å². The maximum absolute atomic E-state index is 12.2. The Morgan fingerprint density at radius 1 is 1.28 bits per heavy atom. The fraction of sp³-hybridized carbons (Fsp3) is 0.235. The first kappa shape index (κ1) is 17.2. The standard InChI is InChI=1S/C17H19N3O4S/c1-12-9-13-5-2-3-6-16(13)20(12)8-4-7-19-25(23,24)14-10-15(17(21)22)18-11-14/h2-3,5-6,9-11,18-19H,4,7-8H2,1H3,(H,21,22). The minimum absolute atomic E-state index is 0.0764. The van der Waals surface area contributed by atoms with Crippen molar-refractivity contribution in [3.63, 3.8) is 0 Å². The highest BCUT2D eigenvalue weighted by molar-refractivity contribution is 7.89. The van der Waals surface area contributed by atoms with Crippen molar-refractivity contribution >= 4 is 26.9 Å². The molecular weight excluding hydrogens is 342 g/mol. The third kappa shape index (κ3) is 3.59. The zero-order valence-electron chi connectivity index (χ0n) is 13.7. The Morgan fingerprint density at radius 3 is 2.76 bits per heavy atom. The van der Waals surface area contributed by atoms with Crippen LogP contribution >= 0.6 is 0 Å². The molecule has 0 aliphatic heterocycles. The van der Waals surface area contributed by atoms with Crippen molar-refractivity contribution in [3.8, 4) is 0 Å². The van der Waals surface area contributed by atoms with E-state index in [4.69, 9.17) is 5.11 Å². The number of hydrogen-bond acceptors (Lipinski definition) is 3. The van der Waals surface area contributed by atoms with Crippen LogP contribution in [0.25, 0.3) is 10.9 Å². The number of aromatic amines is 1. The van der Waals surface area contributed by atoms with Crippen LogP contribution in [0.2, 0.25) is 0 Å². The highest BCUT2D eigenvalue weighted by Gasteiger charge is 2.17. The van der Waals surface area contributed by atoms with Crippen LogP contribution in [0.15, 0.2) is 47.5 Å². The molecule has 2 aromatic heterocycles. The van der Waals surface area contributed by atoms with Crippen molar-refractivity contribution in [1.29, 1.82) is 0 Å². The summed E-state index contributed by atoms with van der Waals surface area (Å²) >= 11 is 0. The molecule has 25 heavy (non-hydrogen) atoms. The zero-order valence-corrected chi connectivity index (χ0v) is 14.5. The third-order valence-corrected chi connectivity index (χ3v) is 5.51. The molecule has 0 bridgehead atoms. The van der Waals surface area contributed by atoms with Gasteiger partial charge in [0.15, 0.2) is 0 Å². The molecule has 7 nitrogen and oxygen atoms in total. The third-order valence-electron chi connectivity index (χ3n) is 4.07. The van der Waals surface area contributed by atoms with E-state index in [2.05, 4.69) is 20.3 Å². The minimum atomic E-state index is -3.72. The summed E-state index contributed by atoms with van der Waals surface area (Å²) in [6, 6.07) is 11.3. The maximum Gasteiger partial charge on any atom is 0.352 e. The Kier molecular flexibility index (Phi) is 4.65. The zero-order chi connectivity index (χ0) is 18.0. The van der Waals surface area contributed by atoms with Crippen molar-refractivity contribution < 1.29 is 18.3 Å². The lowest BCUT2D eigenvalue weighted by atomic mass is 10.2. The van der Waals surface area contributed by atoms with Crippen LogP contribution in [0.1, 0.15) is 22.6 Å². The van der Waals surface area contributed by atoms with E-state index in [0.29, 0.717) is 13.0 Å². The largest absolute Gasteiger partial charge is 0.477 e. The summed E-state index contributed by atoms with van der Waals surface area (Å²) in [6.45, 7) is 2.98. The number of nitrogens with zero attached hydrogens (tertiary/aromatic N) is 1. The monoisotopic (exact) mass is 361 g/mol. The van der Waals surface area contributed by atoms with Gasteiger partial charge in [-0.1, -0.05) is 18.2 Å². The van der Waals surface area contributed by atoms with Crippen molar-refractivity contribution in [2.24, 2.45) is 0 Å². The van der Waals surface area contributed by atoms with E-state index in [9.17, 15) is 13.2 Å². The van der Waals surface area contributed by atoms with Crippen LogP contribution in [0.4, 0.5) is 0 Å². The van der Waals surface area contributed by atoms with Crippen LogP contribution in [0.3, 0.4) is 0 Å². The normalized spacial score (nSPS) is 11.9. The number of aromatic nitrogens is 2. The second-order valence-electron chi connectivity index (χ2n) is 5.80. The van der Waals surface area contributed by atoms with Gasteiger partial charge in [0, 0.05) is 30.5 Å². The molecule has 0 spiro atoms. The summed E-state index contributed by atoms with van der Waals surface area (Å²) in [5.41, 5.74) is 2.09. The van der Waals surface area contributed by atoms with Gasteiger partial charge in [-0.15, -0.1) is 0 Å². The van der Waals surface area contributed by atoms with Crippen LogP contribution in [-0.2, 0) is 16.6 Å². The Morgan fingerprint density at radius 2 is 2.04 bits per heavy atom. The summed E-state index contributed by atoms with van der Waals surface area (Å²) in [5, 5.41) is 10.0.